The number of amidine groups is 1. The molecule has 0 spiro atoms. The predicted octanol–water partition coefficient (Wildman–Crippen LogP) is 2.99. The Kier molecular flexibility index (Phi) is 3.99. The van der Waals surface area contributed by atoms with E-state index in [2.05, 4.69) is 21.8 Å². The van der Waals surface area contributed by atoms with Crippen LogP contribution in [0.1, 0.15) is 5.56 Å². The molecule has 0 aliphatic rings. The molecule has 0 aliphatic carbocycles. The van der Waals surface area contributed by atoms with E-state index in [0.717, 1.165) is 6.07 Å². The lowest BCUT2D eigenvalue weighted by molar-refractivity contribution is 0.318. The van der Waals surface area contributed by atoms with Crippen LogP contribution in [0, 0.1) is 11.6 Å². The Hall–Kier alpha value is -2.83. The number of ether oxygens (including phenoxy) is 1. The first kappa shape index (κ1) is 13.6. The van der Waals surface area contributed by atoms with E-state index in [0.29, 0.717) is 5.56 Å². The lowest BCUT2D eigenvalue weighted by Gasteiger charge is -2.06. The Morgan fingerprint density at radius 2 is 2.05 bits per heavy atom. The highest BCUT2D eigenvalue weighted by Crippen LogP contribution is 2.24. The zero-order chi connectivity index (χ0) is 14.5. The molecule has 102 valence electrons. The third-order valence-electron chi connectivity index (χ3n) is 2.37. The summed E-state index contributed by atoms with van der Waals surface area (Å²) in [7, 11) is 0. The summed E-state index contributed by atoms with van der Waals surface area (Å²) in [6.07, 6.45) is 1.30. The van der Waals surface area contributed by atoms with Gasteiger partial charge in [0.05, 0.1) is 0 Å². The fraction of sp³-hybridized carbons (Fsp3) is 0. The Morgan fingerprint density at radius 1 is 1.25 bits per heavy atom. The van der Waals surface area contributed by atoms with Crippen LogP contribution >= 0.6 is 0 Å². The van der Waals surface area contributed by atoms with Gasteiger partial charge in [-0.25, -0.2) is 14.4 Å². The van der Waals surface area contributed by atoms with E-state index in [-0.39, 0.29) is 17.5 Å². The third kappa shape index (κ3) is 2.77. The van der Waals surface area contributed by atoms with Gasteiger partial charge in [0.1, 0.15) is 0 Å². The third-order valence-corrected chi connectivity index (χ3v) is 2.37. The molecule has 1 aromatic carbocycles. The molecule has 0 saturated carbocycles. The maximum absolute atomic E-state index is 13.4. The van der Waals surface area contributed by atoms with E-state index >= 15 is 0 Å². The Bertz CT molecular complexity index is 657. The maximum Gasteiger partial charge on any atom is 0.219 e. The largest absolute Gasteiger partial charge is 0.436 e. The predicted molar refractivity (Wildman–Crippen MR) is 68.5 cm³/mol. The fourth-order valence-electron chi connectivity index (χ4n) is 1.43. The van der Waals surface area contributed by atoms with Crippen molar-refractivity contribution in [3.8, 4) is 11.6 Å². The monoisotopic (exact) mass is 277 g/mol. The molecule has 2 aromatic rings. The first-order valence-corrected chi connectivity index (χ1v) is 5.42. The van der Waals surface area contributed by atoms with Crippen LogP contribution in [-0.4, -0.2) is 22.7 Å². The van der Waals surface area contributed by atoms with Gasteiger partial charge in [-0.1, -0.05) is 11.2 Å². The van der Waals surface area contributed by atoms with Crippen LogP contribution in [0.5, 0.6) is 11.6 Å². The number of nitrogens with zero attached hydrogens (tertiary/aromatic N) is 3. The van der Waals surface area contributed by atoms with Gasteiger partial charge in [-0.3, -0.25) is 0 Å². The lowest BCUT2D eigenvalue weighted by Crippen LogP contribution is -1.98. The highest BCUT2D eigenvalue weighted by molar-refractivity contribution is 6.00. The van der Waals surface area contributed by atoms with Gasteiger partial charge in [-0.15, -0.1) is 0 Å². The molecule has 7 heteroatoms. The molecule has 2 rings (SSSR count). The number of aliphatic imine (C=N–C) groups is 1. The summed E-state index contributed by atoms with van der Waals surface area (Å²) in [6.45, 7) is 3.23. The van der Waals surface area contributed by atoms with Crippen LogP contribution in [0.25, 0.3) is 0 Å². The smallest absolute Gasteiger partial charge is 0.219 e. The van der Waals surface area contributed by atoms with E-state index in [1.807, 2.05) is 0 Å². The number of halogens is 2. The number of rotatable bonds is 3. The minimum atomic E-state index is -1.09. The van der Waals surface area contributed by atoms with E-state index in [1.54, 1.807) is 0 Å². The van der Waals surface area contributed by atoms with Crippen molar-refractivity contribution in [3.63, 3.8) is 0 Å². The van der Waals surface area contributed by atoms with Crippen molar-refractivity contribution >= 4 is 12.6 Å². The standard InChI is InChI=1S/C13H9F2N3O2/c1-16-13(18-19)8-5-6-11(17-7-8)20-10-4-2-3-9(14)12(10)15/h2-7,19H,1H2/b18-13-. The van der Waals surface area contributed by atoms with Gasteiger partial charge >= 0.3 is 0 Å². The van der Waals surface area contributed by atoms with Crippen molar-refractivity contribution in [2.75, 3.05) is 0 Å². The topological polar surface area (TPSA) is 67.1 Å². The summed E-state index contributed by atoms with van der Waals surface area (Å²) >= 11 is 0. The molecule has 5 nitrogen and oxygen atoms in total. The zero-order valence-electron chi connectivity index (χ0n) is 10.1. The van der Waals surface area contributed by atoms with Gasteiger partial charge in [-0.05, 0) is 24.9 Å². The quantitative estimate of drug-likeness (QED) is 0.406. The highest BCUT2D eigenvalue weighted by atomic mass is 19.2. The molecule has 1 N–H and O–H groups in total. The minimum absolute atomic E-state index is 0.0130. The van der Waals surface area contributed by atoms with Crippen molar-refractivity contribution in [3.05, 3.63) is 53.7 Å². The molecule has 0 aliphatic heterocycles. The van der Waals surface area contributed by atoms with Gasteiger partial charge in [-0.2, -0.15) is 4.39 Å². The van der Waals surface area contributed by atoms with E-state index in [4.69, 9.17) is 9.94 Å². The Morgan fingerprint density at radius 3 is 2.65 bits per heavy atom. The molecule has 0 bridgehead atoms. The SMILES string of the molecule is C=N/C(=N\O)c1ccc(Oc2cccc(F)c2F)nc1. The van der Waals surface area contributed by atoms with Crippen LogP contribution in [0.3, 0.4) is 0 Å². The lowest BCUT2D eigenvalue weighted by atomic mass is 10.2. The highest BCUT2D eigenvalue weighted by Gasteiger charge is 2.10. The van der Waals surface area contributed by atoms with Gasteiger partial charge < -0.3 is 9.94 Å². The summed E-state index contributed by atoms with van der Waals surface area (Å²) < 4.78 is 31.5. The van der Waals surface area contributed by atoms with Crippen molar-refractivity contribution in [2.24, 2.45) is 10.1 Å². The van der Waals surface area contributed by atoms with Gasteiger partial charge in [0, 0.05) is 17.8 Å². The molecule has 0 atom stereocenters. The molecule has 0 amide bonds. The van der Waals surface area contributed by atoms with E-state index < -0.39 is 11.6 Å². The van der Waals surface area contributed by atoms with Crippen molar-refractivity contribution in [2.45, 2.75) is 0 Å². The molecule has 0 saturated heterocycles. The minimum Gasteiger partial charge on any atom is -0.436 e. The molecule has 1 aromatic heterocycles. The summed E-state index contributed by atoms with van der Waals surface area (Å²) in [5.74, 6) is -2.34. The van der Waals surface area contributed by atoms with Gasteiger partial charge in [0.25, 0.3) is 0 Å². The van der Waals surface area contributed by atoms with Crippen LogP contribution in [0.4, 0.5) is 8.78 Å². The average Bonchev–Trinajstić information content (AvgIpc) is 2.47. The van der Waals surface area contributed by atoms with E-state index in [1.165, 1.54) is 30.5 Å². The number of hydrogen-bond donors (Lipinski definition) is 1. The molecule has 0 radical (unpaired) electrons. The van der Waals surface area contributed by atoms with Crippen molar-refractivity contribution in [1.29, 1.82) is 0 Å². The van der Waals surface area contributed by atoms with Crippen LogP contribution in [0.15, 0.2) is 46.7 Å². The summed E-state index contributed by atoms with van der Waals surface area (Å²) in [5.41, 5.74) is 0.398. The molecule has 0 fully saturated rings. The Labute approximate surface area is 112 Å². The van der Waals surface area contributed by atoms with Crippen LogP contribution < -0.4 is 4.74 Å². The molecular formula is C13H9F2N3O2. The van der Waals surface area contributed by atoms with Gasteiger partial charge in [0.15, 0.2) is 17.4 Å². The number of pyridine rings is 1. The van der Waals surface area contributed by atoms with Crippen molar-refractivity contribution < 1.29 is 18.7 Å². The Balaban J connectivity index is 2.23. The normalized spacial score (nSPS) is 11.2. The number of hydrogen-bond acceptors (Lipinski definition) is 4. The molecule has 20 heavy (non-hydrogen) atoms. The summed E-state index contributed by atoms with van der Waals surface area (Å²) in [4.78, 5) is 7.35. The van der Waals surface area contributed by atoms with Crippen LogP contribution in [-0.2, 0) is 0 Å². The maximum atomic E-state index is 13.4. The number of aromatic nitrogens is 1. The summed E-state index contributed by atoms with van der Waals surface area (Å²) in [6, 6.07) is 6.47. The van der Waals surface area contributed by atoms with E-state index in [9.17, 15) is 8.78 Å². The molecular weight excluding hydrogens is 268 g/mol. The van der Waals surface area contributed by atoms with Gasteiger partial charge in [0.2, 0.25) is 11.7 Å². The molecule has 1 heterocycles. The second kappa shape index (κ2) is 5.87. The first-order valence-electron chi connectivity index (χ1n) is 5.42. The summed E-state index contributed by atoms with van der Waals surface area (Å²) in [5, 5.41) is 11.6. The zero-order valence-corrected chi connectivity index (χ0v) is 10.1. The average molecular weight is 277 g/mol. The fourth-order valence-corrected chi connectivity index (χ4v) is 1.43. The second-order valence-electron chi connectivity index (χ2n) is 3.62. The molecule has 0 unspecified atom stereocenters. The first-order chi connectivity index (χ1) is 9.65. The number of oxime groups is 1. The van der Waals surface area contributed by atoms with Crippen molar-refractivity contribution in [1.82, 2.24) is 4.98 Å². The second-order valence-corrected chi connectivity index (χ2v) is 3.62. The number of benzene rings is 1. The van der Waals surface area contributed by atoms with Crippen LogP contribution in [0.2, 0.25) is 0 Å².